The van der Waals surface area contributed by atoms with Crippen molar-refractivity contribution in [3.05, 3.63) is 0 Å². The standard InChI is InChI=1S/Li.H3PSSi.H/c;2-1-3;/h;3H3;/q+1;;-1. The van der Waals surface area contributed by atoms with E-state index in [2.05, 4.69) is 11.8 Å². The minimum Gasteiger partial charge on any atom is -1.00 e. The molecule has 0 saturated heterocycles. The Morgan fingerprint density at radius 1 is 2.00 bits per heavy atom. The van der Waals surface area contributed by atoms with Crippen LogP contribution in [0.2, 0.25) is 0 Å². The fourth-order valence-electron chi connectivity index (χ4n) is 0. The summed E-state index contributed by atoms with van der Waals surface area (Å²) in [6, 6.07) is 0. The average Bonchev–Trinajstić information content (AvgIpc) is 0.918. The fourth-order valence-corrected chi connectivity index (χ4v) is 0. The van der Waals surface area contributed by atoms with Crippen LogP contribution in [0.3, 0.4) is 0 Å². The second kappa shape index (κ2) is 8.84. The molecule has 0 unspecified atom stereocenters. The van der Waals surface area contributed by atoms with Gasteiger partial charge in [0, 0.05) is 0 Å². The molecule has 0 aliphatic heterocycles. The number of rotatable bonds is 0. The van der Waals surface area contributed by atoms with Gasteiger partial charge in [0.05, 0.1) is 9.91 Å². The van der Waals surface area contributed by atoms with Crippen molar-refractivity contribution in [2.45, 2.75) is 0 Å². The predicted molar refractivity (Wildman–Crippen MR) is 25.3 cm³/mol. The third kappa shape index (κ3) is 10.2. The fraction of sp³-hybridized carbons (Fsp3) is 0. The van der Waals surface area contributed by atoms with Crippen molar-refractivity contribution in [2.75, 3.05) is 0 Å². The van der Waals surface area contributed by atoms with Crippen molar-refractivity contribution >= 4 is 28.6 Å². The zero-order chi connectivity index (χ0) is 2.71. The monoisotopic (exact) mass is 102 g/mol. The van der Waals surface area contributed by atoms with Gasteiger partial charge in [0.2, 0.25) is 0 Å². The molecule has 0 nitrogen and oxygen atoms in total. The van der Waals surface area contributed by atoms with E-state index in [1.165, 1.54) is 0 Å². The first-order valence-electron chi connectivity index (χ1n) is 0.630. The maximum Gasteiger partial charge on any atom is 1.00 e. The first-order chi connectivity index (χ1) is 1.41. The third-order valence-electron chi connectivity index (χ3n) is 0. The van der Waals surface area contributed by atoms with Crippen LogP contribution in [-0.4, -0.2) is 9.91 Å². The van der Waals surface area contributed by atoms with E-state index in [4.69, 9.17) is 0 Å². The summed E-state index contributed by atoms with van der Waals surface area (Å²) in [5.74, 6) is 0. The topological polar surface area (TPSA) is 0 Å². The molecule has 0 aromatic carbocycles. The molecule has 4 heavy (non-hydrogen) atoms. The molecule has 0 aliphatic carbocycles. The summed E-state index contributed by atoms with van der Waals surface area (Å²) in [7, 11) is 1.16. The summed E-state index contributed by atoms with van der Waals surface area (Å²) >= 11 is 4.43. The molecule has 0 rings (SSSR count). The molecule has 0 aromatic heterocycles. The van der Waals surface area contributed by atoms with Crippen LogP contribution < -0.4 is 18.9 Å². The summed E-state index contributed by atoms with van der Waals surface area (Å²) in [4.78, 5) is 0. The number of hydrogen-bond donors (Lipinski definition) is 0. The molecule has 20 valence electrons. The summed E-state index contributed by atoms with van der Waals surface area (Å²) in [6.07, 6.45) is 0. The van der Waals surface area contributed by atoms with Crippen molar-refractivity contribution in [1.29, 1.82) is 0 Å². The molecule has 4 heteroatoms. The summed E-state index contributed by atoms with van der Waals surface area (Å²) in [6.45, 7) is 1.14. The Labute approximate surface area is 49.1 Å². The second-order valence-corrected chi connectivity index (χ2v) is 4.93. The van der Waals surface area contributed by atoms with Crippen molar-refractivity contribution in [3.8, 4) is 0 Å². The Balaban J connectivity index is -0.0000000200. The van der Waals surface area contributed by atoms with Crippen LogP contribution >= 0.6 is 6.90 Å². The molecule has 0 aromatic rings. The Bertz CT molecular complexity index is 19.1. The molecular formula is H4LiPSSi. The minimum absolute atomic E-state index is 0. The van der Waals surface area contributed by atoms with Crippen LogP contribution in [0, 0.1) is 0 Å². The smallest absolute Gasteiger partial charge is 1.00 e. The second-order valence-electron chi connectivity index (χ2n) is 0.183. The van der Waals surface area contributed by atoms with E-state index in [9.17, 15) is 0 Å². The van der Waals surface area contributed by atoms with Crippen LogP contribution in [0.1, 0.15) is 1.43 Å². The van der Waals surface area contributed by atoms with Gasteiger partial charge in [0.1, 0.15) is 0 Å². The third-order valence-corrected chi connectivity index (χ3v) is 0. The first kappa shape index (κ1) is 9.01. The van der Waals surface area contributed by atoms with Crippen LogP contribution in [0.4, 0.5) is 0 Å². The van der Waals surface area contributed by atoms with E-state index < -0.39 is 0 Å². The summed E-state index contributed by atoms with van der Waals surface area (Å²) in [5.41, 5.74) is 0. The molecule has 0 heterocycles. The maximum absolute atomic E-state index is 4.43. The van der Waals surface area contributed by atoms with Gasteiger partial charge < -0.3 is 1.43 Å². The Morgan fingerprint density at radius 3 is 2.00 bits per heavy atom. The quantitative estimate of drug-likeness (QED) is 0.229. The van der Waals surface area contributed by atoms with Gasteiger partial charge >= 0.3 is 18.9 Å². The van der Waals surface area contributed by atoms with Gasteiger partial charge in [0.15, 0.2) is 0 Å². The summed E-state index contributed by atoms with van der Waals surface area (Å²) < 4.78 is 0. The van der Waals surface area contributed by atoms with Crippen molar-refractivity contribution in [1.82, 2.24) is 0 Å². The van der Waals surface area contributed by atoms with Gasteiger partial charge in [-0.3, -0.25) is 0 Å². The number of hydrogen-bond acceptors (Lipinski definition) is 1. The molecule has 0 saturated carbocycles. The van der Waals surface area contributed by atoms with Gasteiger partial charge in [-0.25, -0.2) is 0 Å². The molecule has 0 atom stereocenters. The maximum atomic E-state index is 4.43. The zero-order valence-corrected chi connectivity index (χ0v) is 6.57. The van der Waals surface area contributed by atoms with Gasteiger partial charge in [0.25, 0.3) is 0 Å². The van der Waals surface area contributed by atoms with Crippen molar-refractivity contribution < 1.29 is 20.3 Å². The van der Waals surface area contributed by atoms with Gasteiger partial charge in [-0.15, -0.1) is 0 Å². The molecule has 0 radical (unpaired) electrons. The molecule has 0 fully saturated rings. The Kier molecular flexibility index (Phi) is 19.9. The normalized spacial score (nSPS) is 6.00. The summed E-state index contributed by atoms with van der Waals surface area (Å²) in [5, 5.41) is 0. The SMILES string of the molecule is [H-].[Li+].[SiH3]P=S. The van der Waals surface area contributed by atoms with Crippen LogP contribution in [-0.2, 0) is 11.8 Å². The van der Waals surface area contributed by atoms with E-state index in [-0.39, 0.29) is 20.3 Å². The molecule has 0 spiro atoms. The first-order valence-corrected chi connectivity index (χ1v) is 5.67. The van der Waals surface area contributed by atoms with E-state index in [1.807, 2.05) is 0 Å². The van der Waals surface area contributed by atoms with Crippen LogP contribution in [0.25, 0.3) is 0 Å². The average molecular weight is 102 g/mol. The minimum atomic E-state index is 0. The molecule has 0 N–H and O–H groups in total. The van der Waals surface area contributed by atoms with E-state index in [0.717, 1.165) is 16.8 Å². The Hall–Kier alpha value is 1.33. The molecule has 0 amide bonds. The van der Waals surface area contributed by atoms with Crippen molar-refractivity contribution in [3.63, 3.8) is 0 Å². The molecule has 0 aliphatic rings. The predicted octanol–water partition coefficient (Wildman–Crippen LogP) is -3.21. The van der Waals surface area contributed by atoms with Crippen LogP contribution in [0.15, 0.2) is 0 Å². The molecule has 0 bridgehead atoms. The van der Waals surface area contributed by atoms with E-state index >= 15 is 0 Å². The van der Waals surface area contributed by atoms with Gasteiger partial charge in [-0.2, -0.15) is 0 Å². The van der Waals surface area contributed by atoms with Crippen molar-refractivity contribution in [2.24, 2.45) is 0 Å². The zero-order valence-electron chi connectivity index (χ0n) is 3.86. The van der Waals surface area contributed by atoms with Crippen LogP contribution in [0.5, 0.6) is 0 Å². The van der Waals surface area contributed by atoms with Gasteiger partial charge in [-0.05, 0) is 0 Å². The largest absolute Gasteiger partial charge is 1.00 e. The molecular weight excluding hydrogens is 98.1 g/mol. The van der Waals surface area contributed by atoms with E-state index in [0.29, 0.717) is 0 Å². The Morgan fingerprint density at radius 2 is 2.00 bits per heavy atom. The van der Waals surface area contributed by atoms with Gasteiger partial charge in [-0.1, -0.05) is 18.7 Å². The van der Waals surface area contributed by atoms with E-state index in [1.54, 1.807) is 0 Å².